The van der Waals surface area contributed by atoms with Gasteiger partial charge in [-0.05, 0) is 53.2 Å². The first-order chi connectivity index (χ1) is 9.60. The first-order valence-corrected chi connectivity index (χ1v) is 8.51. The fraction of sp³-hybridized carbons (Fsp3) is 0.333. The molecule has 1 aromatic heterocycles. The van der Waals surface area contributed by atoms with Crippen molar-refractivity contribution in [3.05, 3.63) is 55.4 Å². The molecule has 0 aliphatic carbocycles. The van der Waals surface area contributed by atoms with Crippen molar-refractivity contribution in [1.82, 2.24) is 5.32 Å². The predicted octanol–water partition coefficient (Wildman–Crippen LogP) is 5.59. The number of benzene rings is 1. The predicted molar refractivity (Wildman–Crippen MR) is 88.2 cm³/mol. The summed E-state index contributed by atoms with van der Waals surface area (Å²) in [6.07, 6.45) is 1.79. The molecule has 0 bridgehead atoms. The molecule has 0 saturated heterocycles. The van der Waals surface area contributed by atoms with Crippen molar-refractivity contribution >= 4 is 38.9 Å². The van der Waals surface area contributed by atoms with Crippen molar-refractivity contribution in [3.63, 3.8) is 0 Å². The Bertz CT molecular complexity index is 573. The molecule has 1 aromatic carbocycles. The molecule has 1 nitrogen and oxygen atoms in total. The Labute approximate surface area is 136 Å². The van der Waals surface area contributed by atoms with Crippen LogP contribution in [0.3, 0.4) is 0 Å². The number of nitrogens with one attached hydrogen (secondary N) is 1. The Morgan fingerprint density at radius 2 is 2.15 bits per heavy atom. The van der Waals surface area contributed by atoms with Gasteiger partial charge in [0.1, 0.15) is 5.82 Å². The van der Waals surface area contributed by atoms with Gasteiger partial charge in [-0.2, -0.15) is 0 Å². The van der Waals surface area contributed by atoms with Crippen LogP contribution in [0.4, 0.5) is 4.39 Å². The summed E-state index contributed by atoms with van der Waals surface area (Å²) >= 11 is 11.0. The van der Waals surface area contributed by atoms with Crippen molar-refractivity contribution in [2.24, 2.45) is 0 Å². The summed E-state index contributed by atoms with van der Waals surface area (Å²) in [5, 5.41) is 3.84. The molecule has 2 aromatic rings. The lowest BCUT2D eigenvalue weighted by Crippen LogP contribution is -2.24. The van der Waals surface area contributed by atoms with Gasteiger partial charge in [-0.25, -0.2) is 4.39 Å². The van der Waals surface area contributed by atoms with Crippen LogP contribution < -0.4 is 5.32 Å². The second kappa shape index (κ2) is 7.55. The molecule has 0 saturated carbocycles. The summed E-state index contributed by atoms with van der Waals surface area (Å²) < 4.78 is 15.2. The minimum absolute atomic E-state index is 0.0298. The maximum atomic E-state index is 14.1. The van der Waals surface area contributed by atoms with Crippen LogP contribution in [0, 0.1) is 5.82 Å². The highest BCUT2D eigenvalue weighted by molar-refractivity contribution is 9.11. The van der Waals surface area contributed by atoms with Gasteiger partial charge in [-0.15, -0.1) is 11.3 Å². The van der Waals surface area contributed by atoms with E-state index in [0.29, 0.717) is 10.6 Å². The largest absolute Gasteiger partial charge is 0.310 e. The smallest absolute Gasteiger partial charge is 0.129 e. The third-order valence-corrected chi connectivity index (χ3v) is 4.89. The molecule has 1 N–H and O–H groups in total. The van der Waals surface area contributed by atoms with Crippen LogP contribution >= 0.6 is 38.9 Å². The van der Waals surface area contributed by atoms with Crippen molar-refractivity contribution in [1.29, 1.82) is 0 Å². The molecule has 1 atom stereocenters. The lowest BCUT2D eigenvalue weighted by molar-refractivity contribution is 0.499. The van der Waals surface area contributed by atoms with Gasteiger partial charge in [-0.1, -0.05) is 24.6 Å². The summed E-state index contributed by atoms with van der Waals surface area (Å²) in [7, 11) is 0. The van der Waals surface area contributed by atoms with Crippen LogP contribution in [0.2, 0.25) is 5.02 Å². The lowest BCUT2D eigenvalue weighted by Gasteiger charge is -2.19. The van der Waals surface area contributed by atoms with Gasteiger partial charge in [0.05, 0.1) is 3.79 Å². The summed E-state index contributed by atoms with van der Waals surface area (Å²) in [5.74, 6) is -0.248. The highest BCUT2D eigenvalue weighted by Crippen LogP contribution is 2.29. The number of halogens is 3. The summed E-state index contributed by atoms with van der Waals surface area (Å²) in [4.78, 5) is 1.22. The van der Waals surface area contributed by atoms with E-state index in [1.54, 1.807) is 23.5 Å². The molecule has 0 aliphatic rings. The molecular formula is C15H16BrClFNS. The van der Waals surface area contributed by atoms with Gasteiger partial charge >= 0.3 is 0 Å². The van der Waals surface area contributed by atoms with Crippen LogP contribution in [0.25, 0.3) is 0 Å². The van der Waals surface area contributed by atoms with E-state index in [-0.39, 0.29) is 11.9 Å². The highest BCUT2D eigenvalue weighted by Gasteiger charge is 2.17. The fourth-order valence-electron chi connectivity index (χ4n) is 2.06. The zero-order valence-electron chi connectivity index (χ0n) is 11.1. The maximum absolute atomic E-state index is 14.1. The Kier molecular flexibility index (Phi) is 6.02. The standard InChI is InChI=1S/C15H16BrClFNS/c1-2-7-19-14(9-11-4-6-15(16)20-11)12-5-3-10(17)8-13(12)18/h3-6,8,14,19H,2,7,9H2,1H3. The topological polar surface area (TPSA) is 12.0 Å². The highest BCUT2D eigenvalue weighted by atomic mass is 79.9. The molecule has 0 fully saturated rings. The Hall–Kier alpha value is -0.420. The molecule has 2 rings (SSSR count). The molecule has 0 spiro atoms. The average Bonchev–Trinajstić information content (AvgIpc) is 2.80. The first-order valence-electron chi connectivity index (χ1n) is 6.52. The second-order valence-electron chi connectivity index (χ2n) is 4.58. The van der Waals surface area contributed by atoms with Crippen molar-refractivity contribution < 1.29 is 4.39 Å². The number of rotatable bonds is 6. The van der Waals surface area contributed by atoms with Crippen LogP contribution in [0.1, 0.15) is 29.8 Å². The zero-order chi connectivity index (χ0) is 14.5. The first kappa shape index (κ1) is 16.0. The molecule has 20 heavy (non-hydrogen) atoms. The maximum Gasteiger partial charge on any atom is 0.129 e. The summed E-state index contributed by atoms with van der Waals surface area (Å²) in [6.45, 7) is 2.96. The van der Waals surface area contributed by atoms with Gasteiger partial charge in [-0.3, -0.25) is 0 Å². The minimum Gasteiger partial charge on any atom is -0.310 e. The number of hydrogen-bond donors (Lipinski definition) is 1. The van der Waals surface area contributed by atoms with E-state index >= 15 is 0 Å². The van der Waals surface area contributed by atoms with Crippen molar-refractivity contribution in [2.75, 3.05) is 6.54 Å². The van der Waals surface area contributed by atoms with Gasteiger partial charge in [0, 0.05) is 27.9 Å². The number of thiophene rings is 1. The third kappa shape index (κ3) is 4.29. The van der Waals surface area contributed by atoms with E-state index in [1.807, 2.05) is 6.07 Å². The van der Waals surface area contributed by atoms with Crippen molar-refractivity contribution in [3.8, 4) is 0 Å². The SMILES string of the molecule is CCCNC(Cc1ccc(Br)s1)c1ccc(Cl)cc1F. The van der Waals surface area contributed by atoms with Crippen LogP contribution in [-0.2, 0) is 6.42 Å². The second-order valence-corrected chi connectivity index (χ2v) is 7.57. The molecule has 0 aliphatic heterocycles. The molecule has 5 heteroatoms. The Morgan fingerprint density at radius 1 is 1.35 bits per heavy atom. The zero-order valence-corrected chi connectivity index (χ0v) is 14.3. The molecule has 0 radical (unpaired) electrons. The van der Waals surface area contributed by atoms with E-state index in [4.69, 9.17) is 11.6 Å². The van der Waals surface area contributed by atoms with Gasteiger partial charge < -0.3 is 5.32 Å². The van der Waals surface area contributed by atoms with Gasteiger partial charge in [0.15, 0.2) is 0 Å². The normalized spacial score (nSPS) is 12.6. The molecule has 0 amide bonds. The summed E-state index contributed by atoms with van der Waals surface area (Å²) in [5.41, 5.74) is 0.673. The van der Waals surface area contributed by atoms with E-state index in [2.05, 4.69) is 34.2 Å². The minimum atomic E-state index is -0.248. The monoisotopic (exact) mass is 375 g/mol. The quantitative estimate of drug-likeness (QED) is 0.693. The van der Waals surface area contributed by atoms with Crippen LogP contribution in [0.5, 0.6) is 0 Å². The third-order valence-electron chi connectivity index (χ3n) is 3.01. The lowest BCUT2D eigenvalue weighted by atomic mass is 10.0. The Morgan fingerprint density at radius 3 is 2.75 bits per heavy atom. The van der Waals surface area contributed by atoms with Gasteiger partial charge in [0.2, 0.25) is 0 Å². The molecule has 1 unspecified atom stereocenters. The van der Waals surface area contributed by atoms with E-state index in [0.717, 1.165) is 23.2 Å². The van der Waals surface area contributed by atoms with Crippen LogP contribution in [-0.4, -0.2) is 6.54 Å². The fourth-order valence-corrected chi connectivity index (χ4v) is 3.74. The van der Waals surface area contributed by atoms with E-state index in [1.165, 1.54) is 10.9 Å². The molecule has 108 valence electrons. The summed E-state index contributed by atoms with van der Waals surface area (Å²) in [6, 6.07) is 8.96. The molecular weight excluding hydrogens is 361 g/mol. The van der Waals surface area contributed by atoms with Crippen molar-refractivity contribution in [2.45, 2.75) is 25.8 Å². The van der Waals surface area contributed by atoms with Gasteiger partial charge in [0.25, 0.3) is 0 Å². The Balaban J connectivity index is 2.22. The van der Waals surface area contributed by atoms with E-state index in [9.17, 15) is 4.39 Å². The number of hydrogen-bond acceptors (Lipinski definition) is 2. The molecule has 1 heterocycles. The average molecular weight is 377 g/mol. The van der Waals surface area contributed by atoms with E-state index < -0.39 is 0 Å². The van der Waals surface area contributed by atoms with Crippen LogP contribution in [0.15, 0.2) is 34.1 Å².